The van der Waals surface area contributed by atoms with Gasteiger partial charge in [0.25, 0.3) is 5.56 Å². The van der Waals surface area contributed by atoms with E-state index in [0.29, 0.717) is 34.2 Å². The molecule has 9 heteroatoms. The molecule has 0 unspecified atom stereocenters. The molecule has 2 N–H and O–H groups in total. The van der Waals surface area contributed by atoms with Gasteiger partial charge < -0.3 is 19.7 Å². The molecule has 3 aromatic rings. The SMILES string of the molecule is COc1ccc(-c2csc3c(=O)[nH]c(N4CCC[C@@H](C(=O)NC(C)C)C4)nc23)cc1OC. The van der Waals surface area contributed by atoms with Crippen molar-refractivity contribution in [3.63, 3.8) is 0 Å². The van der Waals surface area contributed by atoms with E-state index in [9.17, 15) is 9.59 Å². The van der Waals surface area contributed by atoms with Crippen LogP contribution < -0.4 is 25.2 Å². The lowest BCUT2D eigenvalue weighted by Crippen LogP contribution is -2.45. The Morgan fingerprint density at radius 3 is 2.78 bits per heavy atom. The number of ether oxygens (including phenoxy) is 2. The average Bonchev–Trinajstić information content (AvgIpc) is 3.23. The molecule has 4 rings (SSSR count). The monoisotopic (exact) mass is 456 g/mol. The van der Waals surface area contributed by atoms with Crippen LogP contribution in [0.25, 0.3) is 21.3 Å². The van der Waals surface area contributed by atoms with Crippen LogP contribution >= 0.6 is 11.3 Å². The molecule has 0 bridgehead atoms. The summed E-state index contributed by atoms with van der Waals surface area (Å²) >= 11 is 1.37. The van der Waals surface area contributed by atoms with Gasteiger partial charge in [0, 0.05) is 30.1 Å². The number of nitrogens with zero attached hydrogens (tertiary/aromatic N) is 2. The van der Waals surface area contributed by atoms with Crippen LogP contribution in [-0.4, -0.2) is 49.2 Å². The lowest BCUT2D eigenvalue weighted by Gasteiger charge is -2.32. The Labute approximate surface area is 190 Å². The highest BCUT2D eigenvalue weighted by Crippen LogP contribution is 2.37. The Hall–Kier alpha value is -3.07. The molecule has 1 fully saturated rings. The van der Waals surface area contributed by atoms with Crippen LogP contribution in [0.5, 0.6) is 11.5 Å². The van der Waals surface area contributed by atoms with E-state index in [1.54, 1.807) is 14.2 Å². The van der Waals surface area contributed by atoms with E-state index in [-0.39, 0.29) is 23.4 Å². The zero-order valence-corrected chi connectivity index (χ0v) is 19.5. The Morgan fingerprint density at radius 1 is 1.28 bits per heavy atom. The molecular formula is C23H28N4O4S. The zero-order valence-electron chi connectivity index (χ0n) is 18.7. The van der Waals surface area contributed by atoms with Gasteiger partial charge in [-0.25, -0.2) is 4.98 Å². The summed E-state index contributed by atoms with van der Waals surface area (Å²) in [5, 5.41) is 4.93. The molecule has 0 aliphatic carbocycles. The number of amides is 1. The Bertz CT molecular complexity index is 1190. The molecule has 1 aliphatic rings. The molecule has 1 aliphatic heterocycles. The van der Waals surface area contributed by atoms with Crippen LogP contribution in [0.15, 0.2) is 28.4 Å². The highest BCUT2D eigenvalue weighted by Gasteiger charge is 2.28. The van der Waals surface area contributed by atoms with Gasteiger partial charge in [0.15, 0.2) is 11.5 Å². The third kappa shape index (κ3) is 4.29. The summed E-state index contributed by atoms with van der Waals surface area (Å²) in [6, 6.07) is 5.75. The van der Waals surface area contributed by atoms with Crippen molar-refractivity contribution in [2.75, 3.05) is 32.2 Å². The summed E-state index contributed by atoms with van der Waals surface area (Å²) < 4.78 is 11.3. The number of rotatable bonds is 6. The maximum atomic E-state index is 12.8. The third-order valence-electron chi connectivity index (χ3n) is 5.63. The first-order chi connectivity index (χ1) is 15.4. The van der Waals surface area contributed by atoms with E-state index in [2.05, 4.69) is 10.3 Å². The standard InChI is InChI=1S/C23H28N4O4S/c1-13(2)24-21(28)15-6-5-9-27(11-15)23-25-19-16(12-32-20(19)22(29)26-23)14-7-8-17(30-3)18(10-14)31-4/h7-8,10,12-13,15H,5-6,9,11H2,1-4H3,(H,24,28)(H,25,26,29)/t15-/m1/s1. The van der Waals surface area contributed by atoms with Crippen molar-refractivity contribution in [2.45, 2.75) is 32.7 Å². The number of benzene rings is 1. The van der Waals surface area contributed by atoms with Gasteiger partial charge in [-0.1, -0.05) is 6.07 Å². The summed E-state index contributed by atoms with van der Waals surface area (Å²) in [6.07, 6.45) is 1.70. The molecule has 1 saturated heterocycles. The largest absolute Gasteiger partial charge is 0.493 e. The molecule has 170 valence electrons. The Balaban J connectivity index is 1.69. The van der Waals surface area contributed by atoms with Crippen LogP contribution in [0.4, 0.5) is 5.95 Å². The number of anilines is 1. The van der Waals surface area contributed by atoms with Gasteiger partial charge in [-0.05, 0) is 44.4 Å². The van der Waals surface area contributed by atoms with E-state index < -0.39 is 0 Å². The van der Waals surface area contributed by atoms with Gasteiger partial charge in [0.1, 0.15) is 4.70 Å². The number of hydrogen-bond donors (Lipinski definition) is 2. The van der Waals surface area contributed by atoms with Crippen LogP contribution in [0, 0.1) is 5.92 Å². The fourth-order valence-electron chi connectivity index (χ4n) is 4.06. The number of thiophene rings is 1. The maximum Gasteiger partial charge on any atom is 0.270 e. The molecule has 1 aromatic carbocycles. The minimum Gasteiger partial charge on any atom is -0.493 e. The van der Waals surface area contributed by atoms with Crippen molar-refractivity contribution in [1.82, 2.24) is 15.3 Å². The van der Waals surface area contributed by atoms with Gasteiger partial charge in [0.2, 0.25) is 11.9 Å². The Morgan fingerprint density at radius 2 is 2.06 bits per heavy atom. The fourth-order valence-corrected chi connectivity index (χ4v) is 4.97. The number of aromatic amines is 1. The van der Waals surface area contributed by atoms with Crippen molar-refractivity contribution in [1.29, 1.82) is 0 Å². The number of methoxy groups -OCH3 is 2. The maximum absolute atomic E-state index is 12.8. The van der Waals surface area contributed by atoms with Gasteiger partial charge in [0.05, 0.1) is 25.7 Å². The topological polar surface area (TPSA) is 96.6 Å². The van der Waals surface area contributed by atoms with Crippen LogP contribution in [0.2, 0.25) is 0 Å². The highest BCUT2D eigenvalue weighted by atomic mass is 32.1. The van der Waals surface area contributed by atoms with Crippen molar-refractivity contribution >= 4 is 33.4 Å². The second-order valence-electron chi connectivity index (χ2n) is 8.23. The number of nitrogens with one attached hydrogen (secondary N) is 2. The molecule has 1 amide bonds. The minimum atomic E-state index is -0.171. The predicted octanol–water partition coefficient (Wildman–Crippen LogP) is 3.41. The van der Waals surface area contributed by atoms with Crippen LogP contribution in [0.1, 0.15) is 26.7 Å². The van der Waals surface area contributed by atoms with Gasteiger partial charge in [-0.2, -0.15) is 0 Å². The zero-order chi connectivity index (χ0) is 22.8. The molecular weight excluding hydrogens is 428 g/mol. The molecule has 0 saturated carbocycles. The van der Waals surface area contributed by atoms with Crippen LogP contribution in [0.3, 0.4) is 0 Å². The van der Waals surface area contributed by atoms with Gasteiger partial charge >= 0.3 is 0 Å². The molecule has 3 heterocycles. The first kappa shape index (κ1) is 22.1. The van der Waals surface area contributed by atoms with Crippen molar-refractivity contribution in [3.05, 3.63) is 33.9 Å². The van der Waals surface area contributed by atoms with Crippen LogP contribution in [-0.2, 0) is 4.79 Å². The summed E-state index contributed by atoms with van der Waals surface area (Å²) in [6.45, 7) is 5.19. The predicted molar refractivity (Wildman–Crippen MR) is 127 cm³/mol. The number of H-pyrrole nitrogens is 1. The van der Waals surface area contributed by atoms with Crippen molar-refractivity contribution in [2.24, 2.45) is 5.92 Å². The fraction of sp³-hybridized carbons (Fsp3) is 0.435. The first-order valence-electron chi connectivity index (χ1n) is 10.7. The number of aromatic nitrogens is 2. The summed E-state index contributed by atoms with van der Waals surface area (Å²) in [5.74, 6) is 1.69. The molecule has 2 aromatic heterocycles. The minimum absolute atomic E-state index is 0.0506. The highest BCUT2D eigenvalue weighted by molar-refractivity contribution is 7.17. The lowest BCUT2D eigenvalue weighted by atomic mass is 9.97. The van der Waals surface area contributed by atoms with Gasteiger partial charge in [-0.3, -0.25) is 14.6 Å². The average molecular weight is 457 g/mol. The molecule has 8 nitrogen and oxygen atoms in total. The molecule has 1 atom stereocenters. The van der Waals surface area contributed by atoms with E-state index in [0.717, 1.165) is 30.5 Å². The van der Waals surface area contributed by atoms with Crippen molar-refractivity contribution in [3.8, 4) is 22.6 Å². The number of hydrogen-bond acceptors (Lipinski definition) is 7. The molecule has 32 heavy (non-hydrogen) atoms. The van der Waals surface area contributed by atoms with E-state index in [1.165, 1.54) is 11.3 Å². The Kier molecular flexibility index (Phi) is 6.36. The second kappa shape index (κ2) is 9.20. The van der Waals surface area contributed by atoms with Crippen molar-refractivity contribution < 1.29 is 14.3 Å². The first-order valence-corrected chi connectivity index (χ1v) is 11.6. The van der Waals surface area contributed by atoms with E-state index in [1.807, 2.05) is 42.3 Å². The summed E-state index contributed by atoms with van der Waals surface area (Å²) in [5.41, 5.74) is 2.24. The number of fused-ring (bicyclic) bond motifs is 1. The second-order valence-corrected chi connectivity index (χ2v) is 9.11. The molecule has 0 spiro atoms. The number of carbonyl (C=O) groups is 1. The normalized spacial score (nSPS) is 16.4. The molecule has 0 radical (unpaired) electrons. The number of piperidine rings is 1. The smallest absolute Gasteiger partial charge is 0.270 e. The van der Waals surface area contributed by atoms with E-state index >= 15 is 0 Å². The third-order valence-corrected chi connectivity index (χ3v) is 6.60. The van der Waals surface area contributed by atoms with E-state index in [4.69, 9.17) is 14.5 Å². The quantitative estimate of drug-likeness (QED) is 0.590. The lowest BCUT2D eigenvalue weighted by molar-refractivity contribution is -0.125. The van der Waals surface area contributed by atoms with Gasteiger partial charge in [-0.15, -0.1) is 11.3 Å². The summed E-state index contributed by atoms with van der Waals surface area (Å²) in [7, 11) is 3.19. The number of carbonyl (C=O) groups excluding carboxylic acids is 1. The summed E-state index contributed by atoms with van der Waals surface area (Å²) in [4.78, 5) is 35.1.